The molecule has 0 atom stereocenters. The minimum absolute atomic E-state index is 1.38. The number of nitrogens with zero attached hydrogens (tertiary/aromatic N) is 2. The Labute approximate surface area is 94.0 Å². The van der Waals surface area contributed by atoms with E-state index in [1.54, 1.807) is 18.6 Å². The van der Waals surface area contributed by atoms with Gasteiger partial charge in [-0.3, -0.25) is 5.10 Å². The molecule has 1 N–H and O–H groups in total. The lowest BCUT2D eigenvalue weighted by Crippen LogP contribution is -1.53. The van der Waals surface area contributed by atoms with Gasteiger partial charge in [-0.25, -0.2) is 4.98 Å². The van der Waals surface area contributed by atoms with E-state index >= 15 is 0 Å². The lowest BCUT2D eigenvalue weighted by atomic mass is 10.4. The number of aromatic nitrogens is 3. The first-order valence-corrected chi connectivity index (χ1v) is 4.76. The normalized spacial score (nSPS) is 8.00. The molecule has 2 aromatic heterocycles. The van der Waals surface area contributed by atoms with Gasteiger partial charge < -0.3 is 4.42 Å². The number of hydrogen-bond acceptors (Lipinski definition) is 3. The van der Waals surface area contributed by atoms with Gasteiger partial charge in [0, 0.05) is 12.4 Å². The molecule has 3 rings (SSSR count). The molecule has 0 saturated heterocycles. The van der Waals surface area contributed by atoms with Crippen LogP contribution in [0.5, 0.6) is 0 Å². The Morgan fingerprint density at radius 3 is 1.69 bits per heavy atom. The molecule has 0 radical (unpaired) electrons. The van der Waals surface area contributed by atoms with Crippen molar-refractivity contribution in [2.45, 2.75) is 0 Å². The summed E-state index contributed by atoms with van der Waals surface area (Å²) < 4.78 is 4.47. The van der Waals surface area contributed by atoms with Crippen molar-refractivity contribution < 1.29 is 4.42 Å². The minimum atomic E-state index is 1.38. The molecule has 0 unspecified atom stereocenters. The summed E-state index contributed by atoms with van der Waals surface area (Å²) in [4.78, 5) is 3.56. The van der Waals surface area contributed by atoms with E-state index in [-0.39, 0.29) is 0 Å². The summed E-state index contributed by atoms with van der Waals surface area (Å²) >= 11 is 0. The van der Waals surface area contributed by atoms with Gasteiger partial charge in [0.15, 0.2) is 6.39 Å². The fourth-order valence-electron chi connectivity index (χ4n) is 0.776. The molecule has 16 heavy (non-hydrogen) atoms. The predicted octanol–water partition coefficient (Wildman–Crippen LogP) is 2.77. The van der Waals surface area contributed by atoms with Crippen LogP contribution in [0.1, 0.15) is 0 Å². The molecule has 0 spiro atoms. The smallest absolute Gasteiger partial charge is 0.180 e. The van der Waals surface area contributed by atoms with Crippen LogP contribution in [0.4, 0.5) is 0 Å². The average molecular weight is 215 g/mol. The second-order valence-electron chi connectivity index (χ2n) is 2.60. The van der Waals surface area contributed by atoms with Gasteiger partial charge in [0.05, 0.1) is 6.20 Å². The Bertz CT molecular complexity index is 308. The second kappa shape index (κ2) is 9.21. The standard InChI is InChI=1S/C6H6.C3H4N2.C3H3NO/c1-2-4-6-5-3-1;1-2-4-5-3-1;1-2-5-3-4-1/h1-6H;1-3H,(H,4,5);1-3H. The van der Waals surface area contributed by atoms with Gasteiger partial charge in [0.1, 0.15) is 6.26 Å². The highest BCUT2D eigenvalue weighted by molar-refractivity contribution is 4.99. The second-order valence-corrected chi connectivity index (χ2v) is 2.60. The van der Waals surface area contributed by atoms with Crippen LogP contribution in [-0.2, 0) is 0 Å². The molecule has 4 heteroatoms. The van der Waals surface area contributed by atoms with E-state index in [0.717, 1.165) is 0 Å². The van der Waals surface area contributed by atoms with Crippen molar-refractivity contribution in [3.63, 3.8) is 0 Å². The third kappa shape index (κ3) is 7.08. The van der Waals surface area contributed by atoms with Crippen molar-refractivity contribution in [3.05, 3.63) is 73.7 Å². The first kappa shape index (κ1) is 11.7. The summed E-state index contributed by atoms with van der Waals surface area (Å²) in [6.07, 6.45) is 7.93. The molecular weight excluding hydrogens is 202 g/mol. The van der Waals surface area contributed by atoms with Crippen LogP contribution in [0.3, 0.4) is 0 Å². The average Bonchev–Trinajstić information content (AvgIpc) is 3.10. The number of benzene rings is 1. The van der Waals surface area contributed by atoms with E-state index in [9.17, 15) is 0 Å². The van der Waals surface area contributed by atoms with Gasteiger partial charge in [-0.2, -0.15) is 5.10 Å². The zero-order valence-electron chi connectivity index (χ0n) is 8.73. The van der Waals surface area contributed by atoms with E-state index in [1.165, 1.54) is 12.7 Å². The predicted molar refractivity (Wildman–Crippen MR) is 61.5 cm³/mol. The van der Waals surface area contributed by atoms with E-state index in [4.69, 9.17) is 0 Å². The lowest BCUT2D eigenvalue weighted by molar-refractivity contribution is 0.558. The Morgan fingerprint density at radius 1 is 0.812 bits per heavy atom. The van der Waals surface area contributed by atoms with Crippen molar-refractivity contribution in [1.82, 2.24) is 15.2 Å². The van der Waals surface area contributed by atoms with Crippen LogP contribution in [0.15, 0.2) is 78.1 Å². The number of aromatic amines is 1. The Balaban J connectivity index is 0.000000121. The SMILES string of the molecule is c1ccccc1.c1cn[nH]c1.c1cocn1. The Kier molecular flexibility index (Phi) is 6.74. The summed E-state index contributed by atoms with van der Waals surface area (Å²) in [5, 5.41) is 6.21. The highest BCUT2D eigenvalue weighted by Crippen LogP contribution is 1.79. The maximum absolute atomic E-state index is 4.47. The molecule has 2 heterocycles. The molecule has 0 bridgehead atoms. The lowest BCUT2D eigenvalue weighted by Gasteiger charge is -1.69. The fourth-order valence-corrected chi connectivity index (χ4v) is 0.776. The number of hydrogen-bond donors (Lipinski definition) is 1. The summed E-state index contributed by atoms with van der Waals surface area (Å²) in [5.74, 6) is 0. The topological polar surface area (TPSA) is 54.7 Å². The zero-order chi connectivity index (χ0) is 11.3. The van der Waals surface area contributed by atoms with Crippen molar-refractivity contribution in [2.24, 2.45) is 0 Å². The van der Waals surface area contributed by atoms with Gasteiger partial charge in [-0.1, -0.05) is 36.4 Å². The van der Waals surface area contributed by atoms with Crippen molar-refractivity contribution in [2.75, 3.05) is 0 Å². The molecule has 0 saturated carbocycles. The van der Waals surface area contributed by atoms with Gasteiger partial charge in [0.2, 0.25) is 0 Å². The van der Waals surface area contributed by atoms with Crippen LogP contribution in [-0.4, -0.2) is 15.2 Å². The number of oxazole rings is 1. The van der Waals surface area contributed by atoms with Gasteiger partial charge in [-0.15, -0.1) is 0 Å². The monoisotopic (exact) mass is 215 g/mol. The van der Waals surface area contributed by atoms with Crippen molar-refractivity contribution >= 4 is 0 Å². The van der Waals surface area contributed by atoms with Crippen LogP contribution < -0.4 is 0 Å². The summed E-state index contributed by atoms with van der Waals surface area (Å²) in [7, 11) is 0. The van der Waals surface area contributed by atoms with E-state index in [0.29, 0.717) is 0 Å². The van der Waals surface area contributed by atoms with Crippen molar-refractivity contribution in [1.29, 1.82) is 0 Å². The molecule has 0 fully saturated rings. The Hall–Kier alpha value is -2.36. The maximum Gasteiger partial charge on any atom is 0.180 e. The van der Waals surface area contributed by atoms with Crippen LogP contribution in [0, 0.1) is 0 Å². The number of nitrogens with one attached hydrogen (secondary N) is 1. The molecule has 0 aliphatic carbocycles. The largest absolute Gasteiger partial charge is 0.452 e. The maximum atomic E-state index is 4.47. The van der Waals surface area contributed by atoms with Gasteiger partial charge >= 0.3 is 0 Å². The summed E-state index contributed by atoms with van der Waals surface area (Å²) in [6.45, 7) is 0. The zero-order valence-corrected chi connectivity index (χ0v) is 8.73. The van der Waals surface area contributed by atoms with Crippen LogP contribution in [0.25, 0.3) is 0 Å². The van der Waals surface area contributed by atoms with Crippen molar-refractivity contribution in [3.8, 4) is 0 Å². The highest BCUT2D eigenvalue weighted by atomic mass is 16.3. The van der Waals surface area contributed by atoms with E-state index in [2.05, 4.69) is 19.6 Å². The molecular formula is C12H13N3O. The quantitative estimate of drug-likeness (QED) is 0.627. The number of rotatable bonds is 0. The highest BCUT2D eigenvalue weighted by Gasteiger charge is 1.59. The fraction of sp³-hybridized carbons (Fsp3) is 0. The molecule has 0 aliphatic rings. The van der Waals surface area contributed by atoms with Crippen LogP contribution in [0.2, 0.25) is 0 Å². The molecule has 4 nitrogen and oxygen atoms in total. The Morgan fingerprint density at radius 2 is 1.50 bits per heavy atom. The van der Waals surface area contributed by atoms with Gasteiger partial charge in [-0.05, 0) is 6.07 Å². The minimum Gasteiger partial charge on any atom is -0.452 e. The summed E-state index contributed by atoms with van der Waals surface area (Å²) in [5.41, 5.74) is 0. The molecule has 1 aromatic carbocycles. The van der Waals surface area contributed by atoms with Crippen LogP contribution >= 0.6 is 0 Å². The molecule has 0 aliphatic heterocycles. The number of H-pyrrole nitrogens is 1. The van der Waals surface area contributed by atoms with Gasteiger partial charge in [0.25, 0.3) is 0 Å². The molecule has 3 aromatic rings. The summed E-state index contributed by atoms with van der Waals surface area (Å²) in [6, 6.07) is 13.8. The molecule has 0 amide bonds. The first-order chi connectivity index (χ1) is 8.00. The first-order valence-electron chi connectivity index (χ1n) is 4.76. The van der Waals surface area contributed by atoms with E-state index in [1.807, 2.05) is 42.5 Å². The third-order valence-corrected chi connectivity index (χ3v) is 1.42. The third-order valence-electron chi connectivity index (χ3n) is 1.42. The molecule has 82 valence electrons. The van der Waals surface area contributed by atoms with E-state index < -0.39 is 0 Å².